The number of hydrogen-bond donors (Lipinski definition) is 2. The van der Waals surface area contributed by atoms with Crippen LogP contribution >= 0.6 is 24.8 Å². The zero-order chi connectivity index (χ0) is 6.41. The minimum atomic E-state index is 0. The van der Waals surface area contributed by atoms with Crippen LogP contribution in [0.1, 0.15) is 0 Å². The number of thiol groups is 1. The van der Waals surface area contributed by atoms with Gasteiger partial charge in [0.25, 0.3) is 0 Å². The van der Waals surface area contributed by atoms with Crippen LogP contribution in [0.2, 0.25) is 0 Å². The van der Waals surface area contributed by atoms with Crippen molar-refractivity contribution in [1.82, 2.24) is 5.32 Å². The Hall–Kier alpha value is 1.42. The summed E-state index contributed by atoms with van der Waals surface area (Å²) in [6.07, 6.45) is 1.33. The largest absolute Gasteiger partial charge is 0.482 e. The maximum Gasteiger partial charge on any atom is 0.159 e. The van der Waals surface area contributed by atoms with Gasteiger partial charge in [0.15, 0.2) is 6.73 Å². The second-order valence-corrected chi connectivity index (χ2v) is 2.12. The summed E-state index contributed by atoms with van der Waals surface area (Å²) in [7, 11) is 0. The molecule has 0 saturated carbocycles. The van der Waals surface area contributed by atoms with Crippen LogP contribution < -0.4 is 5.32 Å². The molecule has 0 spiro atoms. The monoisotopic (exact) mass is 188 g/mol. The molecule has 5 heteroatoms. The summed E-state index contributed by atoms with van der Waals surface area (Å²) < 4.78 is 5.08. The van der Waals surface area contributed by atoms with Gasteiger partial charge < -0.3 is 10.1 Å². The summed E-state index contributed by atoms with van der Waals surface area (Å²) in [5.74, 6) is 0. The molecule has 2 nitrogen and oxygen atoms in total. The standard InChI is InChI=1S/C4H7NOS2.K/c1-2-6-3-5-4(7)8;/h2H,1,3H2,(H2,5,7,8);. The second-order valence-electron chi connectivity index (χ2n) is 0.960. The van der Waals surface area contributed by atoms with Crippen molar-refractivity contribution >= 4 is 80.6 Å². The molecule has 0 bridgehead atoms. The molecule has 0 atom stereocenters. The smallest absolute Gasteiger partial charge is 0.159 e. The average molecular weight is 188 g/mol. The zero-order valence-electron chi connectivity index (χ0n) is 5.26. The quantitative estimate of drug-likeness (QED) is 0.168. The number of thiocarbonyl (C=S) groups is 1. The van der Waals surface area contributed by atoms with Crippen LogP contribution in [0.25, 0.3) is 0 Å². The molecule has 0 aliphatic heterocycles. The molecule has 0 saturated heterocycles. The first-order valence-corrected chi connectivity index (χ1v) is 2.82. The fraction of sp³-hybridized carbons (Fsp3) is 0.250. The Morgan fingerprint density at radius 3 is 2.78 bits per heavy atom. The van der Waals surface area contributed by atoms with Crippen LogP contribution in [0.15, 0.2) is 12.8 Å². The number of hydrogen-bond acceptors (Lipinski definition) is 2. The van der Waals surface area contributed by atoms with E-state index in [1.165, 1.54) is 6.26 Å². The van der Waals surface area contributed by atoms with Gasteiger partial charge in [-0.15, -0.1) is 12.6 Å². The van der Waals surface area contributed by atoms with E-state index in [2.05, 4.69) is 41.5 Å². The minimum Gasteiger partial charge on any atom is -0.482 e. The van der Waals surface area contributed by atoms with Crippen molar-refractivity contribution < 1.29 is 4.74 Å². The first-order chi connectivity index (χ1) is 3.77. The van der Waals surface area contributed by atoms with E-state index in [9.17, 15) is 0 Å². The van der Waals surface area contributed by atoms with Crippen LogP contribution in [0.3, 0.4) is 0 Å². The molecule has 47 valence electrons. The molecule has 0 aliphatic carbocycles. The van der Waals surface area contributed by atoms with Gasteiger partial charge in [0.2, 0.25) is 0 Å². The number of nitrogens with one attached hydrogen (secondary N) is 1. The van der Waals surface area contributed by atoms with Crippen molar-refractivity contribution in [1.29, 1.82) is 0 Å². The SMILES string of the molecule is C=COCNC(=S)S.[K]. The van der Waals surface area contributed by atoms with Crippen LogP contribution in [0.4, 0.5) is 0 Å². The molecule has 0 aromatic heterocycles. The van der Waals surface area contributed by atoms with Crippen molar-refractivity contribution in [2.45, 2.75) is 0 Å². The van der Waals surface area contributed by atoms with Crippen LogP contribution in [-0.2, 0) is 4.74 Å². The van der Waals surface area contributed by atoms with E-state index < -0.39 is 0 Å². The van der Waals surface area contributed by atoms with Gasteiger partial charge in [-0.25, -0.2) is 0 Å². The molecular weight excluding hydrogens is 181 g/mol. The summed E-state index contributed by atoms with van der Waals surface area (Å²) in [5, 5.41) is 2.65. The molecule has 1 radical (unpaired) electrons. The van der Waals surface area contributed by atoms with Gasteiger partial charge in [0.1, 0.15) is 4.32 Å². The predicted octanol–water partition coefficient (Wildman–Crippen LogP) is 0.527. The van der Waals surface area contributed by atoms with Crippen molar-refractivity contribution in [3.63, 3.8) is 0 Å². The molecule has 1 N–H and O–H groups in total. The van der Waals surface area contributed by atoms with E-state index in [1.807, 2.05) is 0 Å². The van der Waals surface area contributed by atoms with Crippen LogP contribution in [-0.4, -0.2) is 62.4 Å². The number of ether oxygens (including phenoxy) is 1. The minimum absolute atomic E-state index is 0. The Balaban J connectivity index is 0. The van der Waals surface area contributed by atoms with Gasteiger partial charge in [0.05, 0.1) is 6.26 Å². The predicted molar refractivity (Wildman–Crippen MR) is 46.6 cm³/mol. The Morgan fingerprint density at radius 2 is 2.44 bits per heavy atom. The summed E-state index contributed by atoms with van der Waals surface area (Å²) in [6, 6.07) is 0. The second kappa shape index (κ2) is 9.42. The van der Waals surface area contributed by atoms with Gasteiger partial charge >= 0.3 is 0 Å². The van der Waals surface area contributed by atoms with Gasteiger partial charge in [-0.3, -0.25) is 0 Å². The number of rotatable bonds is 3. The summed E-state index contributed by atoms with van der Waals surface area (Å²) in [4.78, 5) is 0. The molecule has 9 heavy (non-hydrogen) atoms. The zero-order valence-corrected chi connectivity index (χ0v) is 10.1. The third-order valence-corrected chi connectivity index (χ3v) is 0.727. The molecular formula is C4H7KNOS2. The average Bonchev–Trinajstić information content (AvgIpc) is 1.66. The van der Waals surface area contributed by atoms with Crippen LogP contribution in [0.5, 0.6) is 0 Å². The molecule has 0 amide bonds. The van der Waals surface area contributed by atoms with E-state index in [4.69, 9.17) is 0 Å². The van der Waals surface area contributed by atoms with E-state index >= 15 is 0 Å². The Morgan fingerprint density at radius 1 is 1.89 bits per heavy atom. The maximum atomic E-state index is 4.66. The maximum absolute atomic E-state index is 4.66. The topological polar surface area (TPSA) is 21.3 Å². The van der Waals surface area contributed by atoms with E-state index in [0.29, 0.717) is 11.1 Å². The summed E-state index contributed by atoms with van der Waals surface area (Å²) >= 11 is 8.32. The van der Waals surface area contributed by atoms with Crippen molar-refractivity contribution in [3.05, 3.63) is 12.8 Å². The molecule has 0 heterocycles. The summed E-state index contributed by atoms with van der Waals surface area (Å²) in [6.45, 7) is 3.67. The molecule has 0 rings (SSSR count). The third kappa shape index (κ3) is 12.6. The molecule has 0 aromatic carbocycles. The van der Waals surface area contributed by atoms with Crippen molar-refractivity contribution in [2.75, 3.05) is 6.73 Å². The van der Waals surface area contributed by atoms with Gasteiger partial charge in [-0.05, 0) is 0 Å². The van der Waals surface area contributed by atoms with Crippen LogP contribution in [0, 0.1) is 0 Å². The van der Waals surface area contributed by atoms with E-state index in [1.54, 1.807) is 0 Å². The molecule has 0 aromatic rings. The fourth-order valence-electron chi connectivity index (χ4n) is 0.162. The Labute approximate surface area is 108 Å². The summed E-state index contributed by atoms with van der Waals surface area (Å²) in [5.41, 5.74) is 0. The third-order valence-electron chi connectivity index (χ3n) is 0.425. The normalized spacial score (nSPS) is 6.78. The molecule has 0 fully saturated rings. The first kappa shape index (κ1) is 13.0. The van der Waals surface area contributed by atoms with Gasteiger partial charge in [-0.1, -0.05) is 18.8 Å². The van der Waals surface area contributed by atoms with Gasteiger partial charge in [0, 0.05) is 51.4 Å². The van der Waals surface area contributed by atoms with E-state index in [-0.39, 0.29) is 51.4 Å². The van der Waals surface area contributed by atoms with Gasteiger partial charge in [-0.2, -0.15) is 0 Å². The fourth-order valence-corrected chi connectivity index (χ4v) is 0.286. The first-order valence-electron chi connectivity index (χ1n) is 1.96. The molecule has 0 unspecified atom stereocenters. The van der Waals surface area contributed by atoms with E-state index in [0.717, 1.165) is 0 Å². The Kier molecular flexibility index (Phi) is 13.6. The van der Waals surface area contributed by atoms with Crippen molar-refractivity contribution in [3.8, 4) is 0 Å². The van der Waals surface area contributed by atoms with Crippen molar-refractivity contribution in [2.24, 2.45) is 0 Å². The Bertz CT molecular complexity index is 98.6. The molecule has 0 aliphatic rings.